The Hall–Kier alpha value is -1.29. The molecular weight excluding hydrogens is 209 g/mol. The number of rotatable bonds is 1. The van der Waals surface area contributed by atoms with Crippen LogP contribution in [0, 0.1) is 12.7 Å². The Bertz CT molecular complexity index is 355. The molecule has 5 heteroatoms. The minimum absolute atomic E-state index is 0. The third-order valence-corrected chi connectivity index (χ3v) is 1.78. The molecule has 14 heavy (non-hydrogen) atoms. The predicted octanol–water partition coefficient (Wildman–Crippen LogP) is 1.92. The van der Waals surface area contributed by atoms with Crippen LogP contribution in [0.5, 0.6) is 0 Å². The molecule has 78 valence electrons. The average molecular weight is 220 g/mol. The summed E-state index contributed by atoms with van der Waals surface area (Å²) in [7, 11) is 1.22. The Kier molecular flexibility index (Phi) is 4.37. The lowest BCUT2D eigenvalue weighted by Gasteiger charge is -2.05. The minimum Gasteiger partial charge on any atom is -0.465 e. The van der Waals surface area contributed by atoms with Crippen molar-refractivity contribution in [2.24, 2.45) is 0 Å². The van der Waals surface area contributed by atoms with Gasteiger partial charge < -0.3 is 10.5 Å². The van der Waals surface area contributed by atoms with Crippen LogP contribution in [-0.2, 0) is 4.74 Å². The van der Waals surface area contributed by atoms with Gasteiger partial charge in [-0.05, 0) is 18.6 Å². The van der Waals surface area contributed by atoms with Gasteiger partial charge in [0.25, 0.3) is 0 Å². The molecule has 0 radical (unpaired) electrons. The molecule has 0 aliphatic carbocycles. The van der Waals surface area contributed by atoms with Gasteiger partial charge in [-0.1, -0.05) is 6.07 Å². The summed E-state index contributed by atoms with van der Waals surface area (Å²) < 4.78 is 17.6. The summed E-state index contributed by atoms with van der Waals surface area (Å²) in [4.78, 5) is 11.0. The lowest BCUT2D eigenvalue weighted by molar-refractivity contribution is 0.0601. The van der Waals surface area contributed by atoms with E-state index >= 15 is 0 Å². The summed E-state index contributed by atoms with van der Waals surface area (Å²) in [6, 6.07) is 2.93. The van der Waals surface area contributed by atoms with Crippen LogP contribution >= 0.6 is 12.4 Å². The summed E-state index contributed by atoms with van der Waals surface area (Å²) in [6.45, 7) is 1.58. The molecule has 3 nitrogen and oxygen atoms in total. The summed E-state index contributed by atoms with van der Waals surface area (Å²) in [5, 5.41) is 0. The first-order valence-electron chi connectivity index (χ1n) is 3.70. The number of aryl methyl sites for hydroxylation is 1. The zero-order chi connectivity index (χ0) is 10.0. The summed E-state index contributed by atoms with van der Waals surface area (Å²) >= 11 is 0. The van der Waals surface area contributed by atoms with Crippen LogP contribution in [0.25, 0.3) is 0 Å². The molecule has 0 unspecified atom stereocenters. The molecule has 0 bridgehead atoms. The van der Waals surface area contributed by atoms with Gasteiger partial charge in [0.2, 0.25) is 0 Å². The molecule has 0 aliphatic rings. The van der Waals surface area contributed by atoms with Gasteiger partial charge in [-0.2, -0.15) is 0 Å². The Morgan fingerprint density at radius 1 is 1.50 bits per heavy atom. The van der Waals surface area contributed by atoms with Gasteiger partial charge in [0.05, 0.1) is 18.4 Å². The van der Waals surface area contributed by atoms with E-state index in [9.17, 15) is 9.18 Å². The second-order valence-corrected chi connectivity index (χ2v) is 2.65. The number of anilines is 1. The number of carbonyl (C=O) groups is 1. The van der Waals surface area contributed by atoms with Crippen molar-refractivity contribution in [3.63, 3.8) is 0 Å². The van der Waals surface area contributed by atoms with Gasteiger partial charge in [-0.3, -0.25) is 0 Å². The highest BCUT2D eigenvalue weighted by atomic mass is 35.5. The van der Waals surface area contributed by atoms with Crippen molar-refractivity contribution in [2.45, 2.75) is 6.92 Å². The Labute approximate surface area is 87.5 Å². The van der Waals surface area contributed by atoms with Gasteiger partial charge in [-0.15, -0.1) is 12.4 Å². The van der Waals surface area contributed by atoms with Crippen molar-refractivity contribution in [3.8, 4) is 0 Å². The van der Waals surface area contributed by atoms with Crippen LogP contribution in [0.15, 0.2) is 12.1 Å². The molecule has 0 aliphatic heterocycles. The van der Waals surface area contributed by atoms with Crippen LogP contribution in [0.1, 0.15) is 15.9 Å². The van der Waals surface area contributed by atoms with Gasteiger partial charge in [0.1, 0.15) is 5.82 Å². The first-order valence-corrected chi connectivity index (χ1v) is 3.70. The van der Waals surface area contributed by atoms with E-state index in [4.69, 9.17) is 5.73 Å². The molecule has 1 aromatic carbocycles. The van der Waals surface area contributed by atoms with E-state index in [1.807, 2.05) is 0 Å². The number of nitrogens with two attached hydrogens (primary N) is 1. The Morgan fingerprint density at radius 2 is 2.07 bits per heavy atom. The lowest BCUT2D eigenvalue weighted by Crippen LogP contribution is -2.07. The van der Waals surface area contributed by atoms with Gasteiger partial charge in [0, 0.05) is 0 Å². The fourth-order valence-electron chi connectivity index (χ4n) is 0.990. The summed E-state index contributed by atoms with van der Waals surface area (Å²) in [6.07, 6.45) is 0. The molecule has 0 fully saturated rings. The average Bonchev–Trinajstić information content (AvgIpc) is 2.13. The molecule has 1 rings (SSSR count). The SMILES string of the molecule is COC(=O)c1ccc(C)c(F)c1N.Cl. The second-order valence-electron chi connectivity index (χ2n) is 2.65. The van der Waals surface area contributed by atoms with E-state index in [1.165, 1.54) is 19.2 Å². The maximum Gasteiger partial charge on any atom is 0.340 e. The van der Waals surface area contributed by atoms with E-state index in [0.29, 0.717) is 5.56 Å². The van der Waals surface area contributed by atoms with Crippen LogP contribution < -0.4 is 5.73 Å². The fourth-order valence-corrected chi connectivity index (χ4v) is 0.990. The molecule has 0 saturated heterocycles. The second kappa shape index (κ2) is 4.81. The maximum absolute atomic E-state index is 13.2. The number of ether oxygens (including phenoxy) is 1. The zero-order valence-corrected chi connectivity index (χ0v) is 8.65. The molecule has 0 saturated carbocycles. The van der Waals surface area contributed by atoms with Crippen molar-refractivity contribution in [2.75, 3.05) is 12.8 Å². The zero-order valence-electron chi connectivity index (χ0n) is 7.83. The largest absolute Gasteiger partial charge is 0.465 e. The topological polar surface area (TPSA) is 52.3 Å². The van der Waals surface area contributed by atoms with E-state index in [1.54, 1.807) is 6.92 Å². The predicted molar refractivity (Wildman–Crippen MR) is 54.1 cm³/mol. The van der Waals surface area contributed by atoms with Crippen LogP contribution in [0.4, 0.5) is 10.1 Å². The molecule has 0 aromatic heterocycles. The minimum atomic E-state index is -0.628. The van der Waals surface area contributed by atoms with E-state index < -0.39 is 11.8 Å². The number of methoxy groups -OCH3 is 1. The third-order valence-electron chi connectivity index (χ3n) is 1.78. The maximum atomic E-state index is 13.2. The van der Waals surface area contributed by atoms with Crippen LogP contribution in [0.3, 0.4) is 0 Å². The Balaban J connectivity index is 0.00000169. The quantitative estimate of drug-likeness (QED) is 0.580. The number of esters is 1. The lowest BCUT2D eigenvalue weighted by atomic mass is 10.1. The van der Waals surface area contributed by atoms with E-state index in [2.05, 4.69) is 4.74 Å². The van der Waals surface area contributed by atoms with Crippen molar-refractivity contribution in [1.29, 1.82) is 0 Å². The third kappa shape index (κ3) is 2.14. The number of hydrogen-bond acceptors (Lipinski definition) is 3. The van der Waals surface area contributed by atoms with E-state index in [0.717, 1.165) is 0 Å². The molecule has 0 amide bonds. The number of hydrogen-bond donors (Lipinski definition) is 1. The normalized spacial score (nSPS) is 9.07. The van der Waals surface area contributed by atoms with Crippen LogP contribution in [0.2, 0.25) is 0 Å². The monoisotopic (exact) mass is 219 g/mol. The molecular formula is C9H11ClFNO2. The van der Waals surface area contributed by atoms with Crippen molar-refractivity contribution in [3.05, 3.63) is 29.1 Å². The molecule has 0 spiro atoms. The number of halogens is 2. The Morgan fingerprint density at radius 3 is 2.57 bits per heavy atom. The first kappa shape index (κ1) is 12.7. The standard InChI is InChI=1S/C9H10FNO2.ClH/c1-5-3-4-6(9(12)13-2)8(11)7(5)10;/h3-4H,11H2,1-2H3;1H. The molecule has 2 N–H and O–H groups in total. The fraction of sp³-hybridized carbons (Fsp3) is 0.222. The van der Waals surface area contributed by atoms with E-state index in [-0.39, 0.29) is 23.7 Å². The van der Waals surface area contributed by atoms with Gasteiger partial charge in [0.15, 0.2) is 0 Å². The van der Waals surface area contributed by atoms with Crippen molar-refractivity contribution < 1.29 is 13.9 Å². The number of nitrogen functional groups attached to an aromatic ring is 1. The highest BCUT2D eigenvalue weighted by Gasteiger charge is 2.14. The number of carbonyl (C=O) groups excluding carboxylic acids is 1. The summed E-state index contributed by atoms with van der Waals surface area (Å²) in [5.74, 6) is -1.20. The first-order chi connectivity index (χ1) is 6.07. The van der Waals surface area contributed by atoms with Gasteiger partial charge >= 0.3 is 5.97 Å². The van der Waals surface area contributed by atoms with Crippen molar-refractivity contribution in [1.82, 2.24) is 0 Å². The van der Waals surface area contributed by atoms with Crippen molar-refractivity contribution >= 4 is 24.1 Å². The number of benzene rings is 1. The highest BCUT2D eigenvalue weighted by molar-refractivity contribution is 5.95. The molecule has 0 atom stereocenters. The smallest absolute Gasteiger partial charge is 0.340 e. The molecule has 0 heterocycles. The van der Waals surface area contributed by atoms with Crippen LogP contribution in [-0.4, -0.2) is 13.1 Å². The van der Waals surface area contributed by atoms with Gasteiger partial charge in [-0.25, -0.2) is 9.18 Å². The summed E-state index contributed by atoms with van der Waals surface area (Å²) in [5.41, 5.74) is 5.69. The highest BCUT2D eigenvalue weighted by Crippen LogP contribution is 2.19. The molecule has 1 aromatic rings.